The van der Waals surface area contributed by atoms with E-state index in [-0.39, 0.29) is 17.7 Å². The summed E-state index contributed by atoms with van der Waals surface area (Å²) in [6, 6.07) is 7.67. The summed E-state index contributed by atoms with van der Waals surface area (Å²) in [5.74, 6) is 1.23. The molecule has 26 heavy (non-hydrogen) atoms. The molecule has 1 fully saturated rings. The summed E-state index contributed by atoms with van der Waals surface area (Å²) in [4.78, 5) is 32.7. The highest BCUT2D eigenvalue weighted by Gasteiger charge is 2.29. The zero-order valence-electron chi connectivity index (χ0n) is 15.8. The topological polar surface area (TPSA) is 66.7 Å². The number of aryl methyl sites for hydroxylation is 2. The first-order valence-corrected chi connectivity index (χ1v) is 8.92. The Hall–Kier alpha value is -2.63. The Kier molecular flexibility index (Phi) is 5.11. The number of likely N-dealkylation sites (tertiary alicyclic amines) is 1. The third kappa shape index (κ3) is 3.49. The van der Waals surface area contributed by atoms with Gasteiger partial charge in [-0.1, -0.05) is 18.2 Å². The van der Waals surface area contributed by atoms with Crippen LogP contribution in [0.4, 0.5) is 0 Å². The van der Waals surface area contributed by atoms with Gasteiger partial charge in [-0.2, -0.15) is 0 Å². The second-order valence-electron chi connectivity index (χ2n) is 7.04. The number of piperidine rings is 1. The van der Waals surface area contributed by atoms with Crippen LogP contribution >= 0.6 is 0 Å². The molecule has 0 aliphatic carbocycles. The predicted molar refractivity (Wildman–Crippen MR) is 98.3 cm³/mol. The molecule has 3 rings (SSSR count). The Morgan fingerprint density at radius 1 is 1.15 bits per heavy atom. The van der Waals surface area contributed by atoms with Crippen LogP contribution < -0.4 is 0 Å². The largest absolute Gasteiger partial charge is 0.445 e. The van der Waals surface area contributed by atoms with E-state index in [0.717, 1.165) is 24.0 Å². The van der Waals surface area contributed by atoms with E-state index in [4.69, 9.17) is 4.42 Å². The van der Waals surface area contributed by atoms with E-state index in [1.165, 1.54) is 4.90 Å². The zero-order valence-corrected chi connectivity index (χ0v) is 15.8. The van der Waals surface area contributed by atoms with Crippen molar-refractivity contribution in [3.63, 3.8) is 0 Å². The fourth-order valence-electron chi connectivity index (χ4n) is 3.31. The number of carbonyl (C=O) groups is 2. The zero-order chi connectivity index (χ0) is 18.8. The Balaban J connectivity index is 1.68. The molecular formula is C20H25N3O3. The van der Waals surface area contributed by atoms with Crippen LogP contribution in [0.15, 0.2) is 28.7 Å². The number of oxazole rings is 1. The van der Waals surface area contributed by atoms with Crippen molar-refractivity contribution < 1.29 is 14.0 Å². The minimum atomic E-state index is -0.148. The van der Waals surface area contributed by atoms with Gasteiger partial charge in [-0.3, -0.25) is 9.59 Å². The molecule has 1 aliphatic heterocycles. The average molecular weight is 355 g/mol. The third-order valence-electron chi connectivity index (χ3n) is 4.93. The maximum Gasteiger partial charge on any atom is 0.275 e. The van der Waals surface area contributed by atoms with E-state index in [9.17, 15) is 9.59 Å². The molecule has 0 radical (unpaired) electrons. The lowest BCUT2D eigenvalue weighted by Crippen LogP contribution is -2.38. The summed E-state index contributed by atoms with van der Waals surface area (Å²) in [7, 11) is 3.40. The maximum atomic E-state index is 12.7. The molecule has 2 amide bonds. The molecule has 1 aromatic carbocycles. The van der Waals surface area contributed by atoms with Crippen molar-refractivity contribution in [3.8, 4) is 0 Å². The molecule has 138 valence electrons. The number of hydrogen-bond acceptors (Lipinski definition) is 4. The highest BCUT2D eigenvalue weighted by molar-refractivity contribution is 5.95. The van der Waals surface area contributed by atoms with E-state index < -0.39 is 0 Å². The third-order valence-corrected chi connectivity index (χ3v) is 4.93. The van der Waals surface area contributed by atoms with E-state index >= 15 is 0 Å². The van der Waals surface area contributed by atoms with Crippen molar-refractivity contribution in [2.24, 2.45) is 0 Å². The normalized spacial score (nSPS) is 15.2. The predicted octanol–water partition coefficient (Wildman–Crippen LogP) is 3.01. The van der Waals surface area contributed by atoms with Crippen molar-refractivity contribution in [2.75, 3.05) is 27.2 Å². The molecule has 1 aromatic heterocycles. The number of rotatable bonds is 3. The minimum Gasteiger partial charge on any atom is -0.445 e. The quantitative estimate of drug-likeness (QED) is 0.849. The van der Waals surface area contributed by atoms with Gasteiger partial charge in [0.15, 0.2) is 11.6 Å². The molecule has 0 N–H and O–H groups in total. The van der Waals surface area contributed by atoms with Crippen LogP contribution in [0.1, 0.15) is 56.8 Å². The lowest BCUT2D eigenvalue weighted by Gasteiger charge is -2.31. The van der Waals surface area contributed by atoms with Gasteiger partial charge in [-0.15, -0.1) is 0 Å². The number of hydrogen-bond donors (Lipinski definition) is 0. The van der Waals surface area contributed by atoms with Crippen molar-refractivity contribution in [1.82, 2.24) is 14.8 Å². The van der Waals surface area contributed by atoms with Crippen LogP contribution in [-0.2, 0) is 0 Å². The summed E-state index contributed by atoms with van der Waals surface area (Å²) in [6.45, 7) is 5.05. The summed E-state index contributed by atoms with van der Waals surface area (Å²) in [6.07, 6.45) is 1.57. The molecule has 6 nitrogen and oxygen atoms in total. The summed E-state index contributed by atoms with van der Waals surface area (Å²) >= 11 is 0. The maximum absolute atomic E-state index is 12.7. The SMILES string of the molecule is Cc1ccccc1C(=O)N1CCC(c2nc(C(=O)N(C)C)c(C)o2)CC1. The number of aromatic nitrogens is 1. The highest BCUT2D eigenvalue weighted by atomic mass is 16.4. The Bertz CT molecular complexity index is 817. The first-order chi connectivity index (χ1) is 12.4. The molecule has 2 aromatic rings. The number of nitrogens with zero attached hydrogens (tertiary/aromatic N) is 3. The van der Waals surface area contributed by atoms with Gasteiger partial charge in [0.2, 0.25) is 0 Å². The van der Waals surface area contributed by atoms with Crippen molar-refractivity contribution in [1.29, 1.82) is 0 Å². The lowest BCUT2D eigenvalue weighted by molar-refractivity contribution is 0.0705. The van der Waals surface area contributed by atoms with Crippen LogP contribution in [-0.4, -0.2) is 53.8 Å². The Morgan fingerprint density at radius 2 is 1.81 bits per heavy atom. The summed E-state index contributed by atoms with van der Waals surface area (Å²) in [5, 5.41) is 0. The van der Waals surface area contributed by atoms with E-state index in [0.29, 0.717) is 30.4 Å². The van der Waals surface area contributed by atoms with E-state index in [1.807, 2.05) is 36.1 Å². The highest BCUT2D eigenvalue weighted by Crippen LogP contribution is 2.30. The van der Waals surface area contributed by atoms with Crippen LogP contribution in [0.3, 0.4) is 0 Å². The molecule has 0 unspecified atom stereocenters. The second-order valence-corrected chi connectivity index (χ2v) is 7.04. The van der Waals surface area contributed by atoms with Gasteiger partial charge >= 0.3 is 0 Å². The van der Waals surface area contributed by atoms with E-state index in [2.05, 4.69) is 4.98 Å². The molecule has 0 bridgehead atoms. The monoisotopic (exact) mass is 355 g/mol. The van der Waals surface area contributed by atoms with Gasteiger partial charge in [0.1, 0.15) is 5.76 Å². The fraction of sp³-hybridized carbons (Fsp3) is 0.450. The minimum absolute atomic E-state index is 0.0774. The summed E-state index contributed by atoms with van der Waals surface area (Å²) in [5.41, 5.74) is 2.13. The Morgan fingerprint density at radius 3 is 2.42 bits per heavy atom. The Labute approximate surface area is 153 Å². The van der Waals surface area contributed by atoms with Gasteiger partial charge in [0, 0.05) is 38.7 Å². The standard InChI is InChI=1S/C20H25N3O3/c1-13-7-5-6-8-16(13)19(24)23-11-9-15(10-12-23)18-21-17(14(2)26-18)20(25)22(3)4/h5-8,15H,9-12H2,1-4H3. The van der Waals surface area contributed by atoms with Crippen LogP contribution in [0.25, 0.3) is 0 Å². The van der Waals surface area contributed by atoms with Gasteiger partial charge in [-0.05, 0) is 38.3 Å². The van der Waals surface area contributed by atoms with Crippen molar-refractivity contribution in [2.45, 2.75) is 32.6 Å². The van der Waals surface area contributed by atoms with E-state index in [1.54, 1.807) is 21.0 Å². The second kappa shape index (κ2) is 7.32. The average Bonchev–Trinajstić information content (AvgIpc) is 3.02. The first-order valence-electron chi connectivity index (χ1n) is 8.92. The van der Waals surface area contributed by atoms with Crippen molar-refractivity contribution >= 4 is 11.8 Å². The van der Waals surface area contributed by atoms with Gasteiger partial charge < -0.3 is 14.2 Å². The molecule has 2 heterocycles. The number of amides is 2. The number of carbonyl (C=O) groups excluding carboxylic acids is 2. The number of benzene rings is 1. The molecule has 0 atom stereocenters. The molecular weight excluding hydrogens is 330 g/mol. The van der Waals surface area contributed by atoms with Crippen LogP contribution in [0, 0.1) is 13.8 Å². The van der Waals surface area contributed by atoms with Crippen molar-refractivity contribution in [3.05, 3.63) is 52.7 Å². The molecule has 0 spiro atoms. The first kappa shape index (κ1) is 18.2. The van der Waals surface area contributed by atoms with Crippen LogP contribution in [0.2, 0.25) is 0 Å². The molecule has 6 heteroatoms. The van der Waals surface area contributed by atoms with Gasteiger partial charge in [0.05, 0.1) is 0 Å². The lowest BCUT2D eigenvalue weighted by atomic mass is 9.96. The smallest absolute Gasteiger partial charge is 0.275 e. The molecule has 0 saturated carbocycles. The summed E-state index contributed by atoms with van der Waals surface area (Å²) < 4.78 is 5.76. The molecule has 1 saturated heterocycles. The fourth-order valence-corrected chi connectivity index (χ4v) is 3.31. The van der Waals surface area contributed by atoms with Crippen LogP contribution in [0.5, 0.6) is 0 Å². The van der Waals surface area contributed by atoms with Gasteiger partial charge in [0.25, 0.3) is 11.8 Å². The van der Waals surface area contributed by atoms with Gasteiger partial charge in [-0.25, -0.2) is 4.98 Å². The molecule has 1 aliphatic rings.